The summed E-state index contributed by atoms with van der Waals surface area (Å²) in [4.78, 5) is 0. The molecule has 0 saturated carbocycles. The van der Waals surface area contributed by atoms with Gasteiger partial charge in [0.1, 0.15) is 22.3 Å². The summed E-state index contributed by atoms with van der Waals surface area (Å²) in [7, 11) is 0. The second-order valence-corrected chi connectivity index (χ2v) is 9.20. The highest BCUT2D eigenvalue weighted by Gasteiger charge is 2.11. The third kappa shape index (κ3) is 2.96. The van der Waals surface area contributed by atoms with Crippen LogP contribution in [0.5, 0.6) is 0 Å². The summed E-state index contributed by atoms with van der Waals surface area (Å²) in [6.07, 6.45) is 0. The normalized spacial score (nSPS) is 11.8. The highest BCUT2D eigenvalue weighted by molar-refractivity contribution is 6.07. The van der Waals surface area contributed by atoms with E-state index in [4.69, 9.17) is 8.83 Å². The fraction of sp³-hybridized carbons (Fsp3) is 0.0625. The molecule has 0 bridgehead atoms. The Bertz CT molecular complexity index is 1720. The number of hydrogen-bond acceptors (Lipinski definition) is 2. The second kappa shape index (κ2) is 7.10. The molecule has 0 N–H and O–H groups in total. The van der Waals surface area contributed by atoms with Gasteiger partial charge in [0.25, 0.3) is 0 Å². The van der Waals surface area contributed by atoms with Crippen LogP contribution in [0, 0.1) is 13.8 Å². The summed E-state index contributed by atoms with van der Waals surface area (Å²) in [5, 5.41) is 4.66. The van der Waals surface area contributed by atoms with E-state index in [1.54, 1.807) is 0 Å². The summed E-state index contributed by atoms with van der Waals surface area (Å²) < 4.78 is 12.1. The zero-order valence-electron chi connectivity index (χ0n) is 19.1. The molecule has 0 aliphatic carbocycles. The molecule has 0 fully saturated rings. The van der Waals surface area contributed by atoms with Gasteiger partial charge < -0.3 is 8.83 Å². The Hall–Kier alpha value is -4.30. The minimum atomic E-state index is 0.928. The van der Waals surface area contributed by atoms with Gasteiger partial charge >= 0.3 is 0 Å². The minimum absolute atomic E-state index is 0.928. The molecule has 2 heteroatoms. The van der Waals surface area contributed by atoms with Crippen LogP contribution in [0.15, 0.2) is 106 Å². The predicted octanol–water partition coefficient (Wildman–Crippen LogP) is 9.44. The monoisotopic (exact) mass is 438 g/mol. The van der Waals surface area contributed by atoms with E-state index in [0.717, 1.165) is 33.1 Å². The lowest BCUT2D eigenvalue weighted by Crippen LogP contribution is -1.81. The van der Waals surface area contributed by atoms with E-state index in [1.165, 1.54) is 44.2 Å². The molecule has 34 heavy (non-hydrogen) atoms. The quantitative estimate of drug-likeness (QED) is 0.269. The first-order chi connectivity index (χ1) is 16.6. The van der Waals surface area contributed by atoms with Gasteiger partial charge in [-0.1, -0.05) is 59.7 Å². The maximum atomic E-state index is 6.03. The third-order valence-corrected chi connectivity index (χ3v) is 6.80. The van der Waals surface area contributed by atoms with Crippen molar-refractivity contribution in [3.63, 3.8) is 0 Å². The number of furan rings is 2. The second-order valence-electron chi connectivity index (χ2n) is 9.20. The van der Waals surface area contributed by atoms with Gasteiger partial charge in [0.15, 0.2) is 0 Å². The maximum absolute atomic E-state index is 6.03. The van der Waals surface area contributed by atoms with Crippen LogP contribution >= 0.6 is 0 Å². The van der Waals surface area contributed by atoms with Crippen molar-refractivity contribution in [3.05, 3.63) is 108 Å². The molecule has 0 aliphatic heterocycles. The Morgan fingerprint density at radius 1 is 0.353 bits per heavy atom. The van der Waals surface area contributed by atoms with Crippen molar-refractivity contribution in [2.24, 2.45) is 0 Å². The van der Waals surface area contributed by atoms with Crippen molar-refractivity contribution >= 4 is 43.9 Å². The van der Waals surface area contributed by atoms with Crippen LogP contribution in [-0.2, 0) is 0 Å². The summed E-state index contributed by atoms with van der Waals surface area (Å²) in [6.45, 7) is 4.23. The number of hydrogen-bond donors (Lipinski definition) is 0. The first kappa shape index (κ1) is 19.2. The molecule has 0 unspecified atom stereocenters. The van der Waals surface area contributed by atoms with Crippen LogP contribution in [0.2, 0.25) is 0 Å². The fourth-order valence-electron chi connectivity index (χ4n) is 5.00. The topological polar surface area (TPSA) is 26.3 Å². The van der Waals surface area contributed by atoms with Crippen LogP contribution in [0.4, 0.5) is 0 Å². The van der Waals surface area contributed by atoms with Gasteiger partial charge in [0.2, 0.25) is 0 Å². The van der Waals surface area contributed by atoms with Crippen molar-refractivity contribution in [1.82, 2.24) is 0 Å². The third-order valence-electron chi connectivity index (χ3n) is 6.80. The molecule has 0 saturated heterocycles. The Labute approximate surface area is 197 Å². The van der Waals surface area contributed by atoms with Gasteiger partial charge in [-0.15, -0.1) is 0 Å². The largest absolute Gasteiger partial charge is 0.456 e. The van der Waals surface area contributed by atoms with E-state index in [0.29, 0.717) is 0 Å². The molecular formula is C32H22O2. The van der Waals surface area contributed by atoms with Gasteiger partial charge in [-0.25, -0.2) is 0 Å². The van der Waals surface area contributed by atoms with Crippen molar-refractivity contribution in [2.75, 3.05) is 0 Å². The standard InChI is InChI=1S/C32H22O2/c1-19-3-11-29-25(15-19)27-17-23(9-13-31(27)33-29)21-5-7-22(8-6-21)24-10-14-32-28(18-24)26-16-20(2)4-12-30(26)34-32/h3-18H,1-2H3. The molecule has 0 spiro atoms. The molecule has 7 rings (SSSR count). The van der Waals surface area contributed by atoms with E-state index in [2.05, 4.69) is 111 Å². The number of rotatable bonds is 2. The molecule has 7 aromatic rings. The summed E-state index contributed by atoms with van der Waals surface area (Å²) in [5.41, 5.74) is 11.0. The summed E-state index contributed by atoms with van der Waals surface area (Å²) in [5.74, 6) is 0. The zero-order valence-corrected chi connectivity index (χ0v) is 19.1. The molecule has 5 aromatic carbocycles. The van der Waals surface area contributed by atoms with E-state index in [1.807, 2.05) is 0 Å². The highest BCUT2D eigenvalue weighted by Crippen LogP contribution is 2.35. The molecule has 2 aromatic heterocycles. The van der Waals surface area contributed by atoms with Crippen LogP contribution in [0.25, 0.3) is 66.1 Å². The van der Waals surface area contributed by atoms with Crippen LogP contribution in [0.1, 0.15) is 11.1 Å². The maximum Gasteiger partial charge on any atom is 0.135 e. The van der Waals surface area contributed by atoms with Gasteiger partial charge in [0.05, 0.1) is 0 Å². The van der Waals surface area contributed by atoms with Crippen molar-refractivity contribution in [2.45, 2.75) is 13.8 Å². The average Bonchev–Trinajstić information content (AvgIpc) is 3.41. The van der Waals surface area contributed by atoms with Crippen LogP contribution in [0.3, 0.4) is 0 Å². The number of aryl methyl sites for hydroxylation is 2. The number of benzene rings is 5. The lowest BCUT2D eigenvalue weighted by molar-refractivity contribution is 0.668. The molecular weight excluding hydrogens is 416 g/mol. The molecule has 2 heterocycles. The molecule has 0 radical (unpaired) electrons. The predicted molar refractivity (Wildman–Crippen MR) is 141 cm³/mol. The summed E-state index contributed by atoms with van der Waals surface area (Å²) >= 11 is 0. The minimum Gasteiger partial charge on any atom is -0.456 e. The van der Waals surface area contributed by atoms with Gasteiger partial charge in [-0.2, -0.15) is 0 Å². The van der Waals surface area contributed by atoms with Gasteiger partial charge in [-0.05, 0) is 84.6 Å². The summed E-state index contributed by atoms with van der Waals surface area (Å²) in [6, 6.07) is 34.4. The van der Waals surface area contributed by atoms with Crippen molar-refractivity contribution in [3.8, 4) is 22.3 Å². The van der Waals surface area contributed by atoms with Gasteiger partial charge in [-0.3, -0.25) is 0 Å². The lowest BCUT2D eigenvalue weighted by Gasteiger charge is -2.06. The smallest absolute Gasteiger partial charge is 0.135 e. The van der Waals surface area contributed by atoms with Crippen molar-refractivity contribution in [1.29, 1.82) is 0 Å². The average molecular weight is 439 g/mol. The first-order valence-corrected chi connectivity index (χ1v) is 11.6. The fourth-order valence-corrected chi connectivity index (χ4v) is 5.00. The Morgan fingerprint density at radius 3 is 1.09 bits per heavy atom. The molecule has 2 nitrogen and oxygen atoms in total. The van der Waals surface area contributed by atoms with Crippen LogP contribution in [-0.4, -0.2) is 0 Å². The lowest BCUT2D eigenvalue weighted by atomic mass is 9.98. The van der Waals surface area contributed by atoms with E-state index in [9.17, 15) is 0 Å². The Balaban J connectivity index is 1.29. The van der Waals surface area contributed by atoms with E-state index < -0.39 is 0 Å². The Morgan fingerprint density at radius 2 is 0.676 bits per heavy atom. The molecule has 0 atom stereocenters. The van der Waals surface area contributed by atoms with Crippen LogP contribution < -0.4 is 0 Å². The molecule has 162 valence electrons. The number of fused-ring (bicyclic) bond motifs is 6. The van der Waals surface area contributed by atoms with Crippen molar-refractivity contribution < 1.29 is 8.83 Å². The molecule has 0 aliphatic rings. The first-order valence-electron chi connectivity index (χ1n) is 11.6. The van der Waals surface area contributed by atoms with E-state index >= 15 is 0 Å². The highest BCUT2D eigenvalue weighted by atomic mass is 16.3. The SMILES string of the molecule is Cc1ccc2oc3ccc(-c4ccc(-c5ccc6oc7ccc(C)cc7c6c5)cc4)cc3c2c1. The zero-order chi connectivity index (χ0) is 22.8. The van der Waals surface area contributed by atoms with Gasteiger partial charge in [0, 0.05) is 21.5 Å². The Kier molecular flexibility index (Phi) is 4.01. The molecule has 0 amide bonds. The van der Waals surface area contributed by atoms with E-state index in [-0.39, 0.29) is 0 Å².